The topological polar surface area (TPSA) is 0 Å². The molecule has 0 aromatic rings. The Bertz CT molecular complexity index is 175. The molecule has 0 spiro atoms. The lowest BCUT2D eigenvalue weighted by Crippen LogP contribution is -2.23. The standard InChI is InChI=1S/C18H38/c1-7-10-12-14-17(18(4,5)6)15-16(9-3)13-11-8-2/h16-17H,7-15H2,1-6H3. The quantitative estimate of drug-likeness (QED) is 0.374. The predicted octanol–water partition coefficient (Wildman–Crippen LogP) is 6.84. The number of unbranched alkanes of at least 4 members (excludes halogenated alkanes) is 3. The third-order valence-electron chi connectivity index (χ3n) is 4.54. The first kappa shape index (κ1) is 18.0. The molecular weight excluding hydrogens is 216 g/mol. The molecule has 0 saturated carbocycles. The minimum Gasteiger partial charge on any atom is -0.0654 e. The molecule has 0 radical (unpaired) electrons. The van der Waals surface area contributed by atoms with Crippen LogP contribution < -0.4 is 0 Å². The van der Waals surface area contributed by atoms with Crippen LogP contribution in [0.5, 0.6) is 0 Å². The molecule has 0 bridgehead atoms. The molecule has 0 rings (SSSR count). The molecule has 0 aromatic heterocycles. The largest absolute Gasteiger partial charge is 0.0654 e. The van der Waals surface area contributed by atoms with Gasteiger partial charge in [-0.15, -0.1) is 0 Å². The van der Waals surface area contributed by atoms with Gasteiger partial charge >= 0.3 is 0 Å². The lowest BCUT2D eigenvalue weighted by Gasteiger charge is -2.34. The van der Waals surface area contributed by atoms with E-state index in [-0.39, 0.29) is 0 Å². The van der Waals surface area contributed by atoms with E-state index in [4.69, 9.17) is 0 Å². The summed E-state index contributed by atoms with van der Waals surface area (Å²) in [6, 6.07) is 0. The van der Waals surface area contributed by atoms with Crippen molar-refractivity contribution < 1.29 is 0 Å². The summed E-state index contributed by atoms with van der Waals surface area (Å²) >= 11 is 0. The summed E-state index contributed by atoms with van der Waals surface area (Å²) in [5.74, 6) is 1.89. The molecule has 0 amide bonds. The zero-order chi connectivity index (χ0) is 14.0. The van der Waals surface area contributed by atoms with Gasteiger partial charge < -0.3 is 0 Å². The summed E-state index contributed by atoms with van der Waals surface area (Å²) in [6.07, 6.45) is 12.7. The second-order valence-electron chi connectivity index (χ2n) is 7.21. The third kappa shape index (κ3) is 8.16. The van der Waals surface area contributed by atoms with Crippen LogP contribution in [-0.4, -0.2) is 0 Å². The van der Waals surface area contributed by atoms with Gasteiger partial charge in [-0.05, 0) is 30.1 Å². The Hall–Kier alpha value is 0. The van der Waals surface area contributed by atoms with Gasteiger partial charge in [-0.2, -0.15) is 0 Å². The first-order chi connectivity index (χ1) is 8.45. The van der Waals surface area contributed by atoms with Crippen LogP contribution in [0.25, 0.3) is 0 Å². The van der Waals surface area contributed by atoms with Crippen LogP contribution in [-0.2, 0) is 0 Å². The van der Waals surface area contributed by atoms with Crippen LogP contribution in [0.3, 0.4) is 0 Å². The average molecular weight is 255 g/mol. The van der Waals surface area contributed by atoms with E-state index >= 15 is 0 Å². The van der Waals surface area contributed by atoms with Crippen LogP contribution in [0.4, 0.5) is 0 Å². The van der Waals surface area contributed by atoms with Gasteiger partial charge in [-0.25, -0.2) is 0 Å². The van der Waals surface area contributed by atoms with E-state index in [9.17, 15) is 0 Å². The van der Waals surface area contributed by atoms with E-state index in [2.05, 4.69) is 41.5 Å². The summed E-state index contributed by atoms with van der Waals surface area (Å²) in [5.41, 5.74) is 0.493. The minimum atomic E-state index is 0.493. The zero-order valence-corrected chi connectivity index (χ0v) is 14.0. The van der Waals surface area contributed by atoms with Crippen molar-refractivity contribution in [3.63, 3.8) is 0 Å². The minimum absolute atomic E-state index is 0.493. The van der Waals surface area contributed by atoms with E-state index < -0.39 is 0 Å². The van der Waals surface area contributed by atoms with Crippen molar-refractivity contribution >= 4 is 0 Å². The Morgan fingerprint density at radius 3 is 1.83 bits per heavy atom. The van der Waals surface area contributed by atoms with Gasteiger partial charge in [0, 0.05) is 0 Å². The fourth-order valence-corrected chi connectivity index (χ4v) is 2.93. The molecule has 110 valence electrons. The molecule has 2 unspecified atom stereocenters. The number of hydrogen-bond acceptors (Lipinski definition) is 0. The van der Waals surface area contributed by atoms with E-state index in [1.165, 1.54) is 57.8 Å². The first-order valence-corrected chi connectivity index (χ1v) is 8.45. The molecule has 0 aliphatic rings. The van der Waals surface area contributed by atoms with Crippen LogP contribution in [0.15, 0.2) is 0 Å². The van der Waals surface area contributed by atoms with Crippen molar-refractivity contribution in [3.8, 4) is 0 Å². The van der Waals surface area contributed by atoms with Gasteiger partial charge in [0.15, 0.2) is 0 Å². The highest BCUT2D eigenvalue weighted by atomic mass is 14.3. The van der Waals surface area contributed by atoms with E-state index in [0.717, 1.165) is 11.8 Å². The number of hydrogen-bond donors (Lipinski definition) is 0. The molecule has 0 nitrogen and oxygen atoms in total. The second kappa shape index (κ2) is 9.87. The molecule has 0 fully saturated rings. The van der Waals surface area contributed by atoms with Gasteiger partial charge in [-0.3, -0.25) is 0 Å². The van der Waals surface area contributed by atoms with E-state index in [1.54, 1.807) is 0 Å². The summed E-state index contributed by atoms with van der Waals surface area (Å²) in [6.45, 7) is 14.3. The van der Waals surface area contributed by atoms with Crippen molar-refractivity contribution in [3.05, 3.63) is 0 Å². The zero-order valence-electron chi connectivity index (χ0n) is 14.0. The first-order valence-electron chi connectivity index (χ1n) is 8.45. The van der Waals surface area contributed by atoms with Gasteiger partial charge in [0.2, 0.25) is 0 Å². The number of rotatable bonds is 10. The SMILES string of the molecule is CCCCCC(CC(CC)CCCC)C(C)(C)C. The molecule has 0 heteroatoms. The molecule has 0 aliphatic heterocycles. The summed E-state index contributed by atoms with van der Waals surface area (Å²) in [7, 11) is 0. The maximum atomic E-state index is 2.44. The van der Waals surface area contributed by atoms with Gasteiger partial charge in [0.25, 0.3) is 0 Å². The Morgan fingerprint density at radius 2 is 1.39 bits per heavy atom. The Labute approximate surface area is 117 Å². The Kier molecular flexibility index (Phi) is 9.87. The fourth-order valence-electron chi connectivity index (χ4n) is 2.93. The lowest BCUT2D eigenvalue weighted by atomic mass is 9.72. The lowest BCUT2D eigenvalue weighted by molar-refractivity contribution is 0.171. The van der Waals surface area contributed by atoms with Gasteiger partial charge in [-0.1, -0.05) is 86.5 Å². The normalized spacial score (nSPS) is 15.7. The van der Waals surface area contributed by atoms with Gasteiger partial charge in [0.1, 0.15) is 0 Å². The molecule has 0 N–H and O–H groups in total. The fraction of sp³-hybridized carbons (Fsp3) is 1.00. The molecule has 0 heterocycles. The van der Waals surface area contributed by atoms with Crippen LogP contribution in [0, 0.1) is 17.3 Å². The molecule has 18 heavy (non-hydrogen) atoms. The maximum Gasteiger partial charge on any atom is -0.0354 e. The molecular formula is C18H38. The Balaban J connectivity index is 4.27. The van der Waals surface area contributed by atoms with Crippen molar-refractivity contribution in [1.29, 1.82) is 0 Å². The molecule has 0 aromatic carbocycles. The van der Waals surface area contributed by atoms with Crippen LogP contribution in [0.1, 0.15) is 99.3 Å². The summed E-state index contributed by atoms with van der Waals surface area (Å²) in [4.78, 5) is 0. The highest BCUT2D eigenvalue weighted by Crippen LogP contribution is 2.37. The smallest absolute Gasteiger partial charge is 0.0354 e. The maximum absolute atomic E-state index is 2.44. The van der Waals surface area contributed by atoms with Crippen molar-refractivity contribution in [2.75, 3.05) is 0 Å². The predicted molar refractivity (Wildman–Crippen MR) is 85.0 cm³/mol. The highest BCUT2D eigenvalue weighted by Gasteiger charge is 2.26. The third-order valence-corrected chi connectivity index (χ3v) is 4.54. The molecule has 0 aliphatic carbocycles. The van der Waals surface area contributed by atoms with Crippen molar-refractivity contribution in [2.24, 2.45) is 17.3 Å². The van der Waals surface area contributed by atoms with E-state index in [1.807, 2.05) is 0 Å². The summed E-state index contributed by atoms with van der Waals surface area (Å²) in [5, 5.41) is 0. The van der Waals surface area contributed by atoms with E-state index in [0.29, 0.717) is 5.41 Å². The van der Waals surface area contributed by atoms with Crippen LogP contribution in [0.2, 0.25) is 0 Å². The Morgan fingerprint density at radius 1 is 0.778 bits per heavy atom. The van der Waals surface area contributed by atoms with Crippen molar-refractivity contribution in [2.45, 2.75) is 99.3 Å². The van der Waals surface area contributed by atoms with Crippen molar-refractivity contribution in [1.82, 2.24) is 0 Å². The average Bonchev–Trinajstić information content (AvgIpc) is 2.31. The second-order valence-corrected chi connectivity index (χ2v) is 7.21. The molecule has 2 atom stereocenters. The highest BCUT2D eigenvalue weighted by molar-refractivity contribution is 4.77. The van der Waals surface area contributed by atoms with Crippen LogP contribution >= 0.6 is 0 Å². The summed E-state index contributed by atoms with van der Waals surface area (Å²) < 4.78 is 0. The monoisotopic (exact) mass is 254 g/mol. The molecule has 0 saturated heterocycles. The van der Waals surface area contributed by atoms with Gasteiger partial charge in [0.05, 0.1) is 0 Å².